The van der Waals surface area contributed by atoms with Crippen molar-refractivity contribution in [2.24, 2.45) is 17.6 Å². The zero-order chi connectivity index (χ0) is 51.7. The Balaban J connectivity index is 1.79. The van der Waals surface area contributed by atoms with E-state index in [2.05, 4.69) is 31.2 Å². The third kappa shape index (κ3) is 26.9. The van der Waals surface area contributed by atoms with E-state index < -0.39 is 86.0 Å². The lowest BCUT2D eigenvalue weighted by atomic mass is 10.0. The Morgan fingerprint density at radius 1 is 0.743 bits per heavy atom. The van der Waals surface area contributed by atoms with Crippen LogP contribution < -0.4 is 27.0 Å². The van der Waals surface area contributed by atoms with E-state index in [0.29, 0.717) is 104 Å². The number of aliphatic hydroxyl groups is 1. The number of ether oxygens (including phenoxy) is 8. The van der Waals surface area contributed by atoms with E-state index >= 15 is 0 Å². The van der Waals surface area contributed by atoms with Crippen molar-refractivity contribution in [2.75, 3.05) is 126 Å². The lowest BCUT2D eigenvalue weighted by Gasteiger charge is -2.29. The molecule has 0 saturated carbocycles. The SMILES string of the molecule is COCCOCCOCCOCCOCCOCCOCCOCCC(=O)N1CCC[C@H]1C(=O)N[C@@H](CC(C)C)C(=O)N[C@@H](Cc1cnc[nH]1)C(=O)N[C@@H](CO)C(=O)NC(C(N)=O)[C@@H](C)CP(=O)(O)O. The molecule has 6 atom stereocenters. The van der Waals surface area contributed by atoms with Crippen LogP contribution in [0.3, 0.4) is 0 Å². The zero-order valence-electron chi connectivity index (χ0n) is 40.8. The van der Waals surface area contributed by atoms with Crippen molar-refractivity contribution in [3.8, 4) is 0 Å². The van der Waals surface area contributed by atoms with Crippen LogP contribution in [-0.4, -0.2) is 221 Å². The molecule has 6 amide bonds. The minimum atomic E-state index is -4.61. The summed E-state index contributed by atoms with van der Waals surface area (Å²) in [5, 5.41) is 20.0. The Morgan fingerprint density at radius 2 is 1.23 bits per heavy atom. The van der Waals surface area contributed by atoms with Gasteiger partial charge in [0, 0.05) is 32.0 Å². The topological polar surface area (TPSA) is 360 Å². The summed E-state index contributed by atoms with van der Waals surface area (Å²) in [5.41, 5.74) is 5.79. The Bertz CT molecular complexity index is 1710. The molecule has 2 heterocycles. The van der Waals surface area contributed by atoms with Gasteiger partial charge in [0.2, 0.25) is 35.4 Å². The third-order valence-electron chi connectivity index (χ3n) is 10.5. The van der Waals surface area contributed by atoms with Crippen molar-refractivity contribution < 1.29 is 86.1 Å². The van der Waals surface area contributed by atoms with E-state index in [1.54, 1.807) is 7.11 Å². The van der Waals surface area contributed by atoms with Gasteiger partial charge in [0.05, 0.1) is 125 Å². The second-order valence-corrected chi connectivity index (χ2v) is 18.5. The van der Waals surface area contributed by atoms with Crippen molar-refractivity contribution in [3.63, 3.8) is 0 Å². The van der Waals surface area contributed by atoms with Gasteiger partial charge in [0.25, 0.3) is 0 Å². The van der Waals surface area contributed by atoms with Crippen LogP contribution in [0.15, 0.2) is 12.5 Å². The summed E-state index contributed by atoms with van der Waals surface area (Å²) >= 11 is 0. The Kier molecular flexibility index (Phi) is 31.7. The summed E-state index contributed by atoms with van der Waals surface area (Å²) in [4.78, 5) is 107. The number of aliphatic hydroxyl groups excluding tert-OH is 1. The minimum Gasteiger partial charge on any atom is -0.394 e. The van der Waals surface area contributed by atoms with Crippen LogP contribution in [0, 0.1) is 11.8 Å². The summed E-state index contributed by atoms with van der Waals surface area (Å²) in [7, 11) is -3.00. The maximum absolute atomic E-state index is 13.9. The summed E-state index contributed by atoms with van der Waals surface area (Å²) in [6, 6.07) is -6.66. The van der Waals surface area contributed by atoms with Crippen LogP contribution >= 0.6 is 7.60 Å². The molecule has 2 rings (SSSR count). The lowest BCUT2D eigenvalue weighted by molar-refractivity contribution is -0.140. The van der Waals surface area contributed by atoms with Gasteiger partial charge in [-0.2, -0.15) is 0 Å². The highest BCUT2D eigenvalue weighted by molar-refractivity contribution is 7.51. The molecule has 27 heteroatoms. The molecule has 0 aliphatic carbocycles. The molecule has 1 aliphatic rings. The van der Waals surface area contributed by atoms with E-state index in [1.807, 2.05) is 13.8 Å². The third-order valence-corrected chi connectivity index (χ3v) is 11.5. The number of rotatable bonds is 41. The van der Waals surface area contributed by atoms with Gasteiger partial charge in [-0.15, -0.1) is 0 Å². The standard InChI is InChI=1S/C43H77N8O18P/c1-30(2)24-33(40(55)47-34(25-32-26-45-29-46-32)41(56)49-35(27-52)42(57)50-38(39(44)54)31(3)28-70(59,60)61)48-43(58)36-6-5-8-51(36)37(53)7-9-63-12-13-65-16-17-67-20-21-69-23-22-68-19-18-66-15-14-64-11-10-62-4/h26,29-31,33-36,38,52H,5-25,27-28H2,1-4H3,(H2,44,54)(H,45,46)(H,47,55)(H,48,58)(H,49,56)(H,50,57)(H2,59,60,61)/t31-,33-,34-,35-,36-,38?/m0/s1. The number of nitrogens with two attached hydrogens (primary N) is 1. The van der Waals surface area contributed by atoms with Crippen LogP contribution in [0.5, 0.6) is 0 Å². The molecular formula is C43H77N8O18P. The van der Waals surface area contributed by atoms with E-state index in [0.717, 1.165) is 0 Å². The number of primary amides is 1. The van der Waals surface area contributed by atoms with Gasteiger partial charge in [-0.05, 0) is 31.1 Å². The van der Waals surface area contributed by atoms with Gasteiger partial charge in [0.15, 0.2) is 0 Å². The number of aromatic nitrogens is 2. The highest BCUT2D eigenvalue weighted by atomic mass is 31.2. The predicted octanol–water partition coefficient (Wildman–Crippen LogP) is -2.63. The monoisotopic (exact) mass is 1020 g/mol. The van der Waals surface area contributed by atoms with Crippen LogP contribution in [0.2, 0.25) is 0 Å². The van der Waals surface area contributed by atoms with E-state index in [1.165, 1.54) is 24.3 Å². The summed E-state index contributed by atoms with van der Waals surface area (Å²) in [6.07, 6.45) is 2.87. The molecule has 402 valence electrons. The molecule has 1 aliphatic heterocycles. The molecule has 1 aromatic heterocycles. The molecule has 0 bridgehead atoms. The summed E-state index contributed by atoms with van der Waals surface area (Å²) in [5.74, 6) is -5.97. The maximum Gasteiger partial charge on any atom is 0.325 e. The fourth-order valence-electron chi connectivity index (χ4n) is 6.97. The fraction of sp³-hybridized carbons (Fsp3) is 0.791. The molecule has 0 aromatic carbocycles. The Hall–Kier alpha value is -4.18. The van der Waals surface area contributed by atoms with Crippen LogP contribution in [0.1, 0.15) is 52.1 Å². The number of H-pyrrole nitrogens is 1. The number of likely N-dealkylation sites (tertiary alicyclic amines) is 1. The highest BCUT2D eigenvalue weighted by Gasteiger charge is 2.38. The molecule has 26 nitrogen and oxygen atoms in total. The first-order valence-electron chi connectivity index (χ1n) is 23.4. The second-order valence-electron chi connectivity index (χ2n) is 16.8. The molecule has 10 N–H and O–H groups in total. The predicted molar refractivity (Wildman–Crippen MR) is 249 cm³/mol. The number of amides is 6. The molecular weight excluding hydrogens is 947 g/mol. The van der Waals surface area contributed by atoms with Gasteiger partial charge in [0.1, 0.15) is 30.2 Å². The van der Waals surface area contributed by atoms with Gasteiger partial charge in [-0.3, -0.25) is 33.3 Å². The van der Waals surface area contributed by atoms with Crippen molar-refractivity contribution in [1.29, 1.82) is 0 Å². The van der Waals surface area contributed by atoms with Gasteiger partial charge in [-0.1, -0.05) is 20.8 Å². The number of carbonyl (C=O) groups excluding carboxylic acids is 6. The number of methoxy groups -OCH3 is 1. The Labute approximate surface area is 408 Å². The molecule has 0 spiro atoms. The number of nitrogens with zero attached hydrogens (tertiary/aromatic N) is 2. The highest BCUT2D eigenvalue weighted by Crippen LogP contribution is 2.37. The first kappa shape index (κ1) is 61.9. The van der Waals surface area contributed by atoms with Crippen molar-refractivity contribution in [1.82, 2.24) is 36.1 Å². The average molecular weight is 1030 g/mol. The molecule has 70 heavy (non-hydrogen) atoms. The zero-order valence-corrected chi connectivity index (χ0v) is 41.7. The van der Waals surface area contributed by atoms with Gasteiger partial charge < -0.3 is 89.7 Å². The molecule has 1 aromatic rings. The first-order valence-corrected chi connectivity index (χ1v) is 25.2. The van der Waals surface area contributed by atoms with E-state index in [-0.39, 0.29) is 50.9 Å². The number of imidazole rings is 1. The summed E-state index contributed by atoms with van der Waals surface area (Å²) < 4.78 is 54.7. The quantitative estimate of drug-likeness (QED) is 0.0239. The van der Waals surface area contributed by atoms with Gasteiger partial charge >= 0.3 is 7.60 Å². The average Bonchev–Trinajstić information content (AvgIpc) is 4.02. The number of carbonyl (C=O) groups is 6. The maximum atomic E-state index is 13.9. The molecule has 1 saturated heterocycles. The van der Waals surface area contributed by atoms with Crippen molar-refractivity contribution >= 4 is 43.0 Å². The van der Waals surface area contributed by atoms with Crippen molar-refractivity contribution in [3.05, 3.63) is 18.2 Å². The number of hydrogen-bond donors (Lipinski definition) is 9. The Morgan fingerprint density at radius 3 is 1.69 bits per heavy atom. The molecule has 0 radical (unpaired) electrons. The smallest absolute Gasteiger partial charge is 0.325 e. The first-order chi connectivity index (χ1) is 33.5. The lowest BCUT2D eigenvalue weighted by Crippen LogP contribution is -2.60. The second kappa shape index (κ2) is 35.8. The fourth-order valence-corrected chi connectivity index (χ4v) is 7.93. The molecule has 1 unspecified atom stereocenters. The number of nitrogens with one attached hydrogen (secondary N) is 5. The van der Waals surface area contributed by atoms with E-state index in [4.69, 9.17) is 43.6 Å². The van der Waals surface area contributed by atoms with Crippen LogP contribution in [0.4, 0.5) is 0 Å². The van der Waals surface area contributed by atoms with Crippen LogP contribution in [0.25, 0.3) is 0 Å². The van der Waals surface area contributed by atoms with E-state index in [9.17, 15) is 48.2 Å². The number of aromatic amines is 1. The summed E-state index contributed by atoms with van der Waals surface area (Å²) in [6.45, 7) is 10.4. The minimum absolute atomic E-state index is 0.0135. The van der Waals surface area contributed by atoms with Crippen molar-refractivity contribution in [2.45, 2.75) is 83.1 Å². The number of hydrogen-bond acceptors (Lipinski definition) is 17. The van der Waals surface area contributed by atoms with Gasteiger partial charge in [-0.25, -0.2) is 4.98 Å². The van der Waals surface area contributed by atoms with Crippen LogP contribution in [-0.2, 0) is 77.6 Å². The largest absolute Gasteiger partial charge is 0.394 e. The molecule has 1 fully saturated rings. The normalized spacial score (nSPS) is 16.1.